The standard InChI is InChI=1S/C22H15NO4S/c24-20-16-5-1-2-6-17(16)21(25)23(20)15-11-9-14(10-12-15)13-28-19-8-4-3-7-18(19)22(26)27/h1-12H,13H2,(H,26,27). The number of benzene rings is 3. The van der Waals surface area contributed by atoms with E-state index < -0.39 is 5.97 Å². The molecule has 4 rings (SSSR count). The monoisotopic (exact) mass is 389 g/mol. The van der Waals surface area contributed by atoms with E-state index in [1.165, 1.54) is 16.7 Å². The van der Waals surface area contributed by atoms with Crippen LogP contribution in [0.4, 0.5) is 5.69 Å². The van der Waals surface area contributed by atoms with Gasteiger partial charge in [0.15, 0.2) is 0 Å². The highest BCUT2D eigenvalue weighted by molar-refractivity contribution is 7.98. The highest BCUT2D eigenvalue weighted by Gasteiger charge is 2.36. The number of thioether (sulfide) groups is 1. The van der Waals surface area contributed by atoms with E-state index >= 15 is 0 Å². The van der Waals surface area contributed by atoms with Crippen molar-refractivity contribution in [2.24, 2.45) is 0 Å². The molecule has 1 aliphatic heterocycles. The SMILES string of the molecule is O=C(O)c1ccccc1SCc1ccc(N2C(=O)c3ccccc3C2=O)cc1. The molecular formula is C22H15NO4S. The summed E-state index contributed by atoms with van der Waals surface area (Å²) in [5, 5.41) is 9.26. The Morgan fingerprint density at radius 1 is 0.821 bits per heavy atom. The molecule has 0 radical (unpaired) electrons. The Bertz CT molecular complexity index is 1060. The molecule has 0 saturated heterocycles. The second-order valence-corrected chi connectivity index (χ2v) is 7.26. The van der Waals surface area contributed by atoms with Crippen LogP contribution in [0.25, 0.3) is 0 Å². The summed E-state index contributed by atoms with van der Waals surface area (Å²) in [7, 11) is 0. The molecule has 0 aromatic heterocycles. The van der Waals surface area contributed by atoms with E-state index in [2.05, 4.69) is 0 Å². The van der Waals surface area contributed by atoms with Gasteiger partial charge in [0.2, 0.25) is 0 Å². The van der Waals surface area contributed by atoms with Gasteiger partial charge in [-0.2, -0.15) is 0 Å². The van der Waals surface area contributed by atoms with Gasteiger partial charge < -0.3 is 5.11 Å². The maximum absolute atomic E-state index is 12.5. The highest BCUT2D eigenvalue weighted by atomic mass is 32.2. The van der Waals surface area contributed by atoms with Crippen LogP contribution >= 0.6 is 11.8 Å². The number of carbonyl (C=O) groups is 3. The second-order valence-electron chi connectivity index (χ2n) is 6.25. The summed E-state index contributed by atoms with van der Waals surface area (Å²) >= 11 is 1.43. The second kappa shape index (κ2) is 7.32. The molecule has 2 amide bonds. The summed E-state index contributed by atoms with van der Waals surface area (Å²) in [5.74, 6) is -1.02. The van der Waals surface area contributed by atoms with Crippen LogP contribution in [-0.4, -0.2) is 22.9 Å². The van der Waals surface area contributed by atoms with Gasteiger partial charge in [-0.15, -0.1) is 11.8 Å². The molecule has 3 aromatic rings. The fourth-order valence-corrected chi connectivity index (χ4v) is 4.10. The van der Waals surface area contributed by atoms with Gasteiger partial charge in [0.1, 0.15) is 0 Å². The third-order valence-electron chi connectivity index (χ3n) is 4.50. The molecule has 6 heteroatoms. The smallest absolute Gasteiger partial charge is 0.336 e. The average Bonchev–Trinajstić information content (AvgIpc) is 2.98. The predicted molar refractivity (Wildman–Crippen MR) is 107 cm³/mol. The maximum atomic E-state index is 12.5. The number of imide groups is 1. The normalized spacial score (nSPS) is 12.9. The molecule has 0 fully saturated rings. The van der Waals surface area contributed by atoms with E-state index in [9.17, 15) is 19.5 Å². The maximum Gasteiger partial charge on any atom is 0.336 e. The summed E-state index contributed by atoms with van der Waals surface area (Å²) in [4.78, 5) is 38.3. The number of aromatic carboxylic acids is 1. The predicted octanol–water partition coefficient (Wildman–Crippen LogP) is 4.48. The van der Waals surface area contributed by atoms with Crippen molar-refractivity contribution < 1.29 is 19.5 Å². The first-order valence-corrected chi connectivity index (χ1v) is 9.56. The van der Waals surface area contributed by atoms with Gasteiger partial charge in [-0.3, -0.25) is 9.59 Å². The van der Waals surface area contributed by atoms with Crippen molar-refractivity contribution in [2.45, 2.75) is 10.6 Å². The molecule has 1 aliphatic rings. The van der Waals surface area contributed by atoms with Crippen LogP contribution in [0.1, 0.15) is 36.6 Å². The van der Waals surface area contributed by atoms with Crippen molar-refractivity contribution in [2.75, 3.05) is 4.90 Å². The molecule has 0 bridgehead atoms. The Hall–Kier alpha value is -3.38. The van der Waals surface area contributed by atoms with Crippen LogP contribution in [0.5, 0.6) is 0 Å². The first-order chi connectivity index (χ1) is 13.6. The zero-order chi connectivity index (χ0) is 19.7. The molecule has 0 aliphatic carbocycles. The first-order valence-electron chi connectivity index (χ1n) is 8.58. The molecule has 0 unspecified atom stereocenters. The van der Waals surface area contributed by atoms with E-state index in [4.69, 9.17) is 0 Å². The topological polar surface area (TPSA) is 74.7 Å². The first kappa shape index (κ1) is 18.0. The lowest BCUT2D eigenvalue weighted by molar-refractivity contribution is 0.0692. The fraction of sp³-hybridized carbons (Fsp3) is 0.0455. The lowest BCUT2D eigenvalue weighted by Crippen LogP contribution is -2.29. The zero-order valence-electron chi connectivity index (χ0n) is 14.7. The van der Waals surface area contributed by atoms with Crippen LogP contribution < -0.4 is 4.90 Å². The van der Waals surface area contributed by atoms with E-state index in [0.29, 0.717) is 27.5 Å². The molecule has 0 saturated carbocycles. The Labute approximate surface area is 165 Å². The minimum Gasteiger partial charge on any atom is -0.478 e. The van der Waals surface area contributed by atoms with E-state index in [1.807, 2.05) is 12.1 Å². The number of carboxylic acid groups (broad SMARTS) is 1. The van der Waals surface area contributed by atoms with Crippen LogP contribution in [0.15, 0.2) is 77.7 Å². The lowest BCUT2D eigenvalue weighted by atomic mass is 10.1. The van der Waals surface area contributed by atoms with Crippen LogP contribution in [0.2, 0.25) is 0 Å². The van der Waals surface area contributed by atoms with Crippen molar-refractivity contribution >= 4 is 35.2 Å². The fourth-order valence-electron chi connectivity index (χ4n) is 3.10. The Balaban J connectivity index is 1.51. The number of carboxylic acids is 1. The highest BCUT2D eigenvalue weighted by Crippen LogP contribution is 2.30. The summed E-state index contributed by atoms with van der Waals surface area (Å²) in [6.45, 7) is 0. The number of carbonyl (C=O) groups excluding carboxylic acids is 2. The molecule has 28 heavy (non-hydrogen) atoms. The molecule has 0 atom stereocenters. The molecule has 3 aromatic carbocycles. The number of hydrogen-bond donors (Lipinski definition) is 1. The third kappa shape index (κ3) is 3.18. The zero-order valence-corrected chi connectivity index (χ0v) is 15.5. The van der Waals surface area contributed by atoms with Crippen LogP contribution in [0, 0.1) is 0 Å². The summed E-state index contributed by atoms with van der Waals surface area (Å²) in [6.07, 6.45) is 0. The van der Waals surface area contributed by atoms with Gasteiger partial charge in [0, 0.05) is 10.6 Å². The lowest BCUT2D eigenvalue weighted by Gasteiger charge is -2.14. The van der Waals surface area contributed by atoms with E-state index in [1.54, 1.807) is 60.7 Å². The average molecular weight is 389 g/mol. The Kier molecular flexibility index (Phi) is 4.71. The van der Waals surface area contributed by atoms with Crippen molar-refractivity contribution in [1.82, 2.24) is 0 Å². The summed E-state index contributed by atoms with van der Waals surface area (Å²) in [5.41, 5.74) is 2.58. The van der Waals surface area contributed by atoms with Crippen LogP contribution in [-0.2, 0) is 5.75 Å². The van der Waals surface area contributed by atoms with Crippen molar-refractivity contribution in [3.05, 3.63) is 95.1 Å². The Morgan fingerprint density at radius 3 is 2.00 bits per heavy atom. The molecule has 0 spiro atoms. The van der Waals surface area contributed by atoms with Gasteiger partial charge in [-0.25, -0.2) is 9.69 Å². The quantitative estimate of drug-likeness (QED) is 0.514. The van der Waals surface area contributed by atoms with Crippen molar-refractivity contribution in [3.8, 4) is 0 Å². The molecule has 1 heterocycles. The minimum atomic E-state index is -0.955. The minimum absolute atomic E-state index is 0.273. The van der Waals surface area contributed by atoms with Gasteiger partial charge in [-0.05, 0) is 42.0 Å². The summed E-state index contributed by atoms with van der Waals surface area (Å²) < 4.78 is 0. The molecule has 138 valence electrons. The number of nitrogens with zero attached hydrogens (tertiary/aromatic N) is 1. The Morgan fingerprint density at radius 2 is 1.39 bits per heavy atom. The number of amides is 2. The number of rotatable bonds is 5. The molecular weight excluding hydrogens is 374 g/mol. The van der Waals surface area contributed by atoms with Gasteiger partial charge in [0.25, 0.3) is 11.8 Å². The van der Waals surface area contributed by atoms with Crippen molar-refractivity contribution in [3.63, 3.8) is 0 Å². The van der Waals surface area contributed by atoms with Gasteiger partial charge in [-0.1, -0.05) is 36.4 Å². The van der Waals surface area contributed by atoms with E-state index in [-0.39, 0.29) is 17.4 Å². The van der Waals surface area contributed by atoms with Gasteiger partial charge >= 0.3 is 5.97 Å². The number of anilines is 1. The van der Waals surface area contributed by atoms with Crippen molar-refractivity contribution in [1.29, 1.82) is 0 Å². The third-order valence-corrected chi connectivity index (χ3v) is 5.65. The molecule has 1 N–H and O–H groups in total. The van der Waals surface area contributed by atoms with Gasteiger partial charge in [0.05, 0.1) is 22.4 Å². The van der Waals surface area contributed by atoms with Crippen LogP contribution in [0.3, 0.4) is 0 Å². The van der Waals surface area contributed by atoms with E-state index in [0.717, 1.165) is 5.56 Å². The number of fused-ring (bicyclic) bond motifs is 1. The molecule has 5 nitrogen and oxygen atoms in total. The summed E-state index contributed by atoms with van der Waals surface area (Å²) in [6, 6.07) is 20.8. The number of hydrogen-bond acceptors (Lipinski definition) is 4. The largest absolute Gasteiger partial charge is 0.478 e.